The average molecular weight is 370 g/mol. The fourth-order valence-electron chi connectivity index (χ4n) is 3.35. The van der Waals surface area contributed by atoms with E-state index in [1.807, 2.05) is 30.3 Å². The molecule has 2 aromatic rings. The van der Waals surface area contributed by atoms with E-state index < -0.39 is 0 Å². The summed E-state index contributed by atoms with van der Waals surface area (Å²) in [6, 6.07) is 9.19. The molecule has 7 nitrogen and oxygen atoms in total. The summed E-state index contributed by atoms with van der Waals surface area (Å²) in [7, 11) is 0. The predicted octanol–water partition coefficient (Wildman–Crippen LogP) is 3.80. The van der Waals surface area contributed by atoms with Gasteiger partial charge in [0, 0.05) is 25.3 Å². The molecule has 27 heavy (non-hydrogen) atoms. The van der Waals surface area contributed by atoms with Crippen LogP contribution in [-0.4, -0.2) is 40.8 Å². The van der Waals surface area contributed by atoms with Crippen LogP contribution in [0.1, 0.15) is 49.9 Å². The summed E-state index contributed by atoms with van der Waals surface area (Å²) in [5, 5.41) is 7.03. The first-order chi connectivity index (χ1) is 13.3. The number of nitrogens with one attached hydrogen (secondary N) is 1. The lowest BCUT2D eigenvalue weighted by molar-refractivity contribution is 0.125. The van der Waals surface area contributed by atoms with E-state index in [0.29, 0.717) is 31.3 Å². The van der Waals surface area contributed by atoms with Gasteiger partial charge in [-0.15, -0.1) is 0 Å². The van der Waals surface area contributed by atoms with Crippen LogP contribution in [0, 0.1) is 5.92 Å². The van der Waals surface area contributed by atoms with Gasteiger partial charge in [0.15, 0.2) is 5.82 Å². The molecule has 144 valence electrons. The SMILES string of the molecule is O=C(Nc1ccccc1)N1CCCCC1c1nc(CCOCC2CC2)no1. The number of urea groups is 1. The van der Waals surface area contributed by atoms with Gasteiger partial charge in [0.2, 0.25) is 5.89 Å². The van der Waals surface area contributed by atoms with Crippen LogP contribution in [0.15, 0.2) is 34.9 Å². The van der Waals surface area contributed by atoms with Crippen molar-refractivity contribution in [2.45, 2.75) is 44.6 Å². The van der Waals surface area contributed by atoms with Gasteiger partial charge in [0.25, 0.3) is 0 Å². The Labute approximate surface area is 159 Å². The minimum atomic E-state index is -0.170. The Morgan fingerprint density at radius 1 is 1.22 bits per heavy atom. The molecule has 1 aromatic heterocycles. The summed E-state index contributed by atoms with van der Waals surface area (Å²) in [5.74, 6) is 1.93. The fourth-order valence-corrected chi connectivity index (χ4v) is 3.35. The Morgan fingerprint density at radius 3 is 2.89 bits per heavy atom. The molecule has 7 heteroatoms. The van der Waals surface area contributed by atoms with Crippen LogP contribution in [0.2, 0.25) is 0 Å². The first-order valence-corrected chi connectivity index (χ1v) is 9.82. The molecular weight excluding hydrogens is 344 g/mol. The fraction of sp³-hybridized carbons (Fsp3) is 0.550. The molecule has 2 aliphatic rings. The number of para-hydroxylation sites is 1. The number of aromatic nitrogens is 2. The van der Waals surface area contributed by atoms with Crippen LogP contribution in [0.3, 0.4) is 0 Å². The van der Waals surface area contributed by atoms with Gasteiger partial charge in [-0.05, 0) is 50.2 Å². The molecule has 0 bridgehead atoms. The molecule has 1 N–H and O–H groups in total. The maximum atomic E-state index is 12.7. The average Bonchev–Trinajstić information content (AvgIpc) is 3.41. The highest BCUT2D eigenvalue weighted by molar-refractivity contribution is 5.89. The van der Waals surface area contributed by atoms with Crippen molar-refractivity contribution < 1.29 is 14.1 Å². The summed E-state index contributed by atoms with van der Waals surface area (Å²) in [6.45, 7) is 2.13. The van der Waals surface area contributed by atoms with Crippen molar-refractivity contribution in [2.75, 3.05) is 25.1 Å². The molecule has 4 rings (SSSR count). The molecule has 1 aliphatic carbocycles. The minimum Gasteiger partial charge on any atom is -0.381 e. The summed E-state index contributed by atoms with van der Waals surface area (Å²) in [6.07, 6.45) is 6.07. The molecule has 1 saturated heterocycles. The van der Waals surface area contributed by atoms with Gasteiger partial charge in [0.1, 0.15) is 6.04 Å². The van der Waals surface area contributed by atoms with E-state index >= 15 is 0 Å². The summed E-state index contributed by atoms with van der Waals surface area (Å²) in [5.41, 5.74) is 0.783. The lowest BCUT2D eigenvalue weighted by Gasteiger charge is -2.33. The Bertz CT molecular complexity index is 745. The van der Waals surface area contributed by atoms with Crippen molar-refractivity contribution in [1.82, 2.24) is 15.0 Å². The lowest BCUT2D eigenvalue weighted by atomic mass is 10.0. The second kappa shape index (κ2) is 8.52. The van der Waals surface area contributed by atoms with Crippen molar-refractivity contribution in [1.29, 1.82) is 0 Å². The van der Waals surface area contributed by atoms with Crippen LogP contribution >= 0.6 is 0 Å². The minimum absolute atomic E-state index is 0.126. The number of benzene rings is 1. The van der Waals surface area contributed by atoms with Crippen LogP contribution in [0.4, 0.5) is 10.5 Å². The summed E-state index contributed by atoms with van der Waals surface area (Å²) < 4.78 is 11.1. The molecule has 0 spiro atoms. The molecule has 2 fully saturated rings. The third kappa shape index (κ3) is 4.86. The van der Waals surface area contributed by atoms with E-state index in [-0.39, 0.29) is 12.1 Å². The van der Waals surface area contributed by atoms with Gasteiger partial charge < -0.3 is 19.5 Å². The van der Waals surface area contributed by atoms with E-state index in [9.17, 15) is 4.79 Å². The van der Waals surface area contributed by atoms with Gasteiger partial charge in [0.05, 0.1) is 6.61 Å². The Hall–Kier alpha value is -2.41. The number of likely N-dealkylation sites (tertiary alicyclic amines) is 1. The third-order valence-electron chi connectivity index (χ3n) is 5.08. The highest BCUT2D eigenvalue weighted by atomic mass is 16.5. The zero-order valence-electron chi connectivity index (χ0n) is 15.5. The van der Waals surface area contributed by atoms with Gasteiger partial charge >= 0.3 is 6.03 Å². The van der Waals surface area contributed by atoms with Crippen LogP contribution in [0.25, 0.3) is 0 Å². The number of carbonyl (C=O) groups excluding carboxylic acids is 1. The predicted molar refractivity (Wildman–Crippen MR) is 100 cm³/mol. The maximum Gasteiger partial charge on any atom is 0.322 e. The molecule has 1 unspecified atom stereocenters. The second-order valence-corrected chi connectivity index (χ2v) is 7.32. The monoisotopic (exact) mass is 370 g/mol. The Kier molecular flexibility index (Phi) is 5.67. The maximum absolute atomic E-state index is 12.7. The molecule has 1 saturated carbocycles. The molecule has 0 radical (unpaired) electrons. The number of hydrogen-bond donors (Lipinski definition) is 1. The molecule has 2 amide bonds. The summed E-state index contributed by atoms with van der Waals surface area (Å²) >= 11 is 0. The first kappa shape index (κ1) is 18.0. The number of carbonyl (C=O) groups is 1. The van der Waals surface area contributed by atoms with Crippen molar-refractivity contribution in [3.8, 4) is 0 Å². The molecule has 1 atom stereocenters. The molecule has 2 heterocycles. The number of anilines is 1. The second-order valence-electron chi connectivity index (χ2n) is 7.32. The molecular formula is C20H26N4O3. The number of amides is 2. The van der Waals surface area contributed by atoms with Crippen LogP contribution < -0.4 is 5.32 Å². The van der Waals surface area contributed by atoms with Crippen LogP contribution in [-0.2, 0) is 11.2 Å². The lowest BCUT2D eigenvalue weighted by Crippen LogP contribution is -2.41. The smallest absolute Gasteiger partial charge is 0.322 e. The van der Waals surface area contributed by atoms with Gasteiger partial charge in [-0.3, -0.25) is 0 Å². The summed E-state index contributed by atoms with van der Waals surface area (Å²) in [4.78, 5) is 19.1. The number of hydrogen-bond acceptors (Lipinski definition) is 5. The van der Waals surface area contributed by atoms with E-state index in [4.69, 9.17) is 9.26 Å². The molecule has 1 aliphatic heterocycles. The number of nitrogens with zero attached hydrogens (tertiary/aromatic N) is 3. The van der Waals surface area contributed by atoms with E-state index in [2.05, 4.69) is 15.5 Å². The normalized spacial score (nSPS) is 19.9. The highest BCUT2D eigenvalue weighted by Gasteiger charge is 2.32. The van der Waals surface area contributed by atoms with Crippen molar-refractivity contribution in [3.63, 3.8) is 0 Å². The largest absolute Gasteiger partial charge is 0.381 e. The van der Waals surface area contributed by atoms with Crippen LogP contribution in [0.5, 0.6) is 0 Å². The molecule has 1 aromatic carbocycles. The Balaban J connectivity index is 1.35. The zero-order chi connectivity index (χ0) is 18.5. The number of piperidine rings is 1. The number of rotatable bonds is 7. The van der Waals surface area contributed by atoms with Crippen molar-refractivity contribution in [2.24, 2.45) is 5.92 Å². The quantitative estimate of drug-likeness (QED) is 0.750. The standard InChI is InChI=1S/C20H26N4O3/c25-20(21-16-6-2-1-3-7-16)24-12-5-4-8-17(24)19-22-18(23-27-19)11-13-26-14-15-9-10-15/h1-3,6-7,15,17H,4-5,8-14H2,(H,21,25). The van der Waals surface area contributed by atoms with E-state index in [0.717, 1.165) is 37.5 Å². The van der Waals surface area contributed by atoms with E-state index in [1.54, 1.807) is 4.90 Å². The van der Waals surface area contributed by atoms with Gasteiger partial charge in [-0.25, -0.2) is 4.79 Å². The number of ether oxygens (including phenoxy) is 1. The van der Waals surface area contributed by atoms with Gasteiger partial charge in [-0.2, -0.15) is 4.98 Å². The zero-order valence-corrected chi connectivity index (χ0v) is 15.5. The highest BCUT2D eigenvalue weighted by Crippen LogP contribution is 2.31. The van der Waals surface area contributed by atoms with Gasteiger partial charge in [-0.1, -0.05) is 23.4 Å². The topological polar surface area (TPSA) is 80.5 Å². The van der Waals surface area contributed by atoms with E-state index in [1.165, 1.54) is 12.8 Å². The van der Waals surface area contributed by atoms with Crippen molar-refractivity contribution >= 4 is 11.7 Å². The first-order valence-electron chi connectivity index (χ1n) is 9.82. The third-order valence-corrected chi connectivity index (χ3v) is 5.08. The Morgan fingerprint density at radius 2 is 2.07 bits per heavy atom. The van der Waals surface area contributed by atoms with Crippen molar-refractivity contribution in [3.05, 3.63) is 42.0 Å².